The van der Waals surface area contributed by atoms with E-state index in [1.807, 2.05) is 30.6 Å². The van der Waals surface area contributed by atoms with Crippen molar-refractivity contribution in [3.8, 4) is 0 Å². The molecule has 0 N–H and O–H groups in total. The second kappa shape index (κ2) is 4.05. The smallest absolute Gasteiger partial charge is 0.233 e. The van der Waals surface area contributed by atoms with Crippen LogP contribution in [0.25, 0.3) is 0 Å². The van der Waals surface area contributed by atoms with Crippen molar-refractivity contribution in [2.45, 2.75) is 20.3 Å². The Balaban J connectivity index is 2.71. The van der Waals surface area contributed by atoms with Crippen LogP contribution in [0, 0.1) is 5.92 Å². The van der Waals surface area contributed by atoms with Crippen LogP contribution in [0.5, 0.6) is 0 Å². The van der Waals surface area contributed by atoms with Gasteiger partial charge in [-0.2, -0.15) is 0 Å². The molecule has 0 amide bonds. The Morgan fingerprint density at radius 3 is 2.25 bits per heavy atom. The highest BCUT2D eigenvalue weighted by Crippen LogP contribution is 2.08. The summed E-state index contributed by atoms with van der Waals surface area (Å²) in [5, 5.41) is 0. The van der Waals surface area contributed by atoms with Gasteiger partial charge in [-0.1, -0.05) is 38.1 Å². The topological polar surface area (TPSA) is 17.1 Å². The summed E-state index contributed by atoms with van der Waals surface area (Å²) in [6, 6.07) is 7.59. The molecule has 0 saturated carbocycles. The van der Waals surface area contributed by atoms with Gasteiger partial charge in [-0.15, -0.1) is 0 Å². The average Bonchev–Trinajstić information content (AvgIpc) is 2.05. The molecule has 0 heterocycles. The zero-order chi connectivity index (χ0) is 8.97. The molecule has 1 nitrogen and oxygen atoms in total. The zero-order valence-electron chi connectivity index (χ0n) is 7.50. The van der Waals surface area contributed by atoms with E-state index >= 15 is 0 Å². The van der Waals surface area contributed by atoms with E-state index in [1.54, 1.807) is 0 Å². The first-order valence-electron chi connectivity index (χ1n) is 4.19. The molecule has 1 aromatic rings. The van der Waals surface area contributed by atoms with Crippen LogP contribution in [0.1, 0.15) is 25.0 Å². The molecule has 0 saturated heterocycles. The van der Waals surface area contributed by atoms with Gasteiger partial charge >= 0.3 is 0 Å². The quantitative estimate of drug-likeness (QED) is 0.665. The van der Waals surface area contributed by atoms with Crippen molar-refractivity contribution < 1.29 is 4.79 Å². The Bertz CT molecular complexity index is 246. The molecule has 1 aromatic carbocycles. The van der Waals surface area contributed by atoms with E-state index in [2.05, 4.69) is 13.8 Å². The van der Waals surface area contributed by atoms with Crippen molar-refractivity contribution in [1.29, 1.82) is 0 Å². The molecule has 0 atom stereocenters. The standard InChI is InChI=1S/C11H13O/c1-9(2)7-10-3-5-11(8-12)6-4-10/h3-6,9H,7H2,1-2H3. The van der Waals surface area contributed by atoms with E-state index in [1.165, 1.54) is 5.56 Å². The van der Waals surface area contributed by atoms with E-state index in [0.29, 0.717) is 11.5 Å². The van der Waals surface area contributed by atoms with Gasteiger partial charge in [0.1, 0.15) is 0 Å². The molecule has 0 fully saturated rings. The maximum atomic E-state index is 10.2. The minimum absolute atomic E-state index is 0.627. The number of benzene rings is 1. The molecular weight excluding hydrogens is 148 g/mol. The van der Waals surface area contributed by atoms with E-state index < -0.39 is 0 Å². The summed E-state index contributed by atoms with van der Waals surface area (Å²) in [6.07, 6.45) is 2.93. The van der Waals surface area contributed by atoms with E-state index in [9.17, 15) is 4.79 Å². The molecule has 0 aliphatic rings. The van der Waals surface area contributed by atoms with Crippen molar-refractivity contribution in [2.75, 3.05) is 0 Å². The fourth-order valence-corrected chi connectivity index (χ4v) is 1.18. The van der Waals surface area contributed by atoms with Gasteiger partial charge in [0.05, 0.1) is 0 Å². The zero-order valence-corrected chi connectivity index (χ0v) is 7.50. The first kappa shape index (κ1) is 8.98. The van der Waals surface area contributed by atoms with Gasteiger partial charge in [-0.25, -0.2) is 0 Å². The Hall–Kier alpha value is -1.11. The highest BCUT2D eigenvalue weighted by molar-refractivity contribution is 5.75. The highest BCUT2D eigenvalue weighted by Gasteiger charge is 1.97. The van der Waals surface area contributed by atoms with Crippen LogP contribution in [-0.4, -0.2) is 6.29 Å². The second-order valence-corrected chi connectivity index (χ2v) is 3.40. The maximum absolute atomic E-state index is 10.2. The largest absolute Gasteiger partial charge is 0.285 e. The van der Waals surface area contributed by atoms with Gasteiger partial charge in [0, 0.05) is 5.56 Å². The molecule has 0 aliphatic carbocycles. The van der Waals surface area contributed by atoms with E-state index in [-0.39, 0.29) is 0 Å². The fraction of sp³-hybridized carbons (Fsp3) is 0.364. The molecule has 1 heteroatoms. The Morgan fingerprint density at radius 1 is 1.25 bits per heavy atom. The Kier molecular flexibility index (Phi) is 3.03. The number of rotatable bonds is 3. The molecular formula is C11H13O. The van der Waals surface area contributed by atoms with Gasteiger partial charge in [0.2, 0.25) is 6.29 Å². The van der Waals surface area contributed by atoms with Crippen molar-refractivity contribution in [3.63, 3.8) is 0 Å². The Morgan fingerprint density at radius 2 is 1.83 bits per heavy atom. The van der Waals surface area contributed by atoms with E-state index in [4.69, 9.17) is 0 Å². The lowest BCUT2D eigenvalue weighted by Crippen LogP contribution is -1.93. The molecule has 0 unspecified atom stereocenters. The molecule has 63 valence electrons. The first-order chi connectivity index (χ1) is 5.72. The van der Waals surface area contributed by atoms with Crippen molar-refractivity contribution in [3.05, 3.63) is 35.4 Å². The predicted octanol–water partition coefficient (Wildman–Crippen LogP) is 2.34. The number of hydrogen-bond acceptors (Lipinski definition) is 1. The third-order valence-electron chi connectivity index (χ3n) is 1.72. The fourth-order valence-electron chi connectivity index (χ4n) is 1.18. The average molecular weight is 161 g/mol. The van der Waals surface area contributed by atoms with Gasteiger partial charge in [0.25, 0.3) is 0 Å². The van der Waals surface area contributed by atoms with Crippen LogP contribution in [0.4, 0.5) is 0 Å². The lowest BCUT2D eigenvalue weighted by atomic mass is 10.0. The molecule has 0 aromatic heterocycles. The molecule has 0 spiro atoms. The summed E-state index contributed by atoms with van der Waals surface area (Å²) in [5.74, 6) is 0.663. The summed E-state index contributed by atoms with van der Waals surface area (Å²) in [7, 11) is 0. The third kappa shape index (κ3) is 2.50. The third-order valence-corrected chi connectivity index (χ3v) is 1.72. The lowest BCUT2D eigenvalue weighted by Gasteiger charge is -2.03. The molecule has 12 heavy (non-hydrogen) atoms. The van der Waals surface area contributed by atoms with Gasteiger partial charge < -0.3 is 0 Å². The van der Waals surface area contributed by atoms with Crippen molar-refractivity contribution >= 4 is 6.29 Å². The lowest BCUT2D eigenvalue weighted by molar-refractivity contribution is 0.562. The molecule has 0 aliphatic heterocycles. The summed E-state index contributed by atoms with van der Waals surface area (Å²) in [5.41, 5.74) is 1.91. The maximum Gasteiger partial charge on any atom is 0.233 e. The van der Waals surface area contributed by atoms with Crippen LogP contribution >= 0.6 is 0 Å². The second-order valence-electron chi connectivity index (χ2n) is 3.40. The van der Waals surface area contributed by atoms with Gasteiger partial charge in [0.15, 0.2) is 0 Å². The van der Waals surface area contributed by atoms with Crippen LogP contribution < -0.4 is 0 Å². The monoisotopic (exact) mass is 161 g/mol. The summed E-state index contributed by atoms with van der Waals surface area (Å²) < 4.78 is 0. The summed E-state index contributed by atoms with van der Waals surface area (Å²) >= 11 is 0. The minimum atomic E-state index is 0.627. The molecule has 1 radical (unpaired) electrons. The molecule has 0 bridgehead atoms. The van der Waals surface area contributed by atoms with Gasteiger partial charge in [-0.3, -0.25) is 4.79 Å². The highest BCUT2D eigenvalue weighted by atomic mass is 16.1. The summed E-state index contributed by atoms with van der Waals surface area (Å²) in [6.45, 7) is 4.36. The number of hydrogen-bond donors (Lipinski definition) is 0. The minimum Gasteiger partial charge on any atom is -0.285 e. The predicted molar refractivity (Wildman–Crippen MR) is 49.8 cm³/mol. The van der Waals surface area contributed by atoms with Crippen LogP contribution in [0.2, 0.25) is 0 Å². The van der Waals surface area contributed by atoms with Crippen molar-refractivity contribution in [2.24, 2.45) is 5.92 Å². The van der Waals surface area contributed by atoms with Crippen LogP contribution in [0.15, 0.2) is 24.3 Å². The first-order valence-corrected chi connectivity index (χ1v) is 4.19. The van der Waals surface area contributed by atoms with Crippen LogP contribution in [-0.2, 0) is 11.2 Å². The molecule has 1 rings (SSSR count). The van der Waals surface area contributed by atoms with Gasteiger partial charge in [-0.05, 0) is 17.9 Å². The van der Waals surface area contributed by atoms with Crippen molar-refractivity contribution in [1.82, 2.24) is 0 Å². The summed E-state index contributed by atoms with van der Waals surface area (Å²) in [4.78, 5) is 10.2. The normalized spacial score (nSPS) is 10.2. The number of carbonyl (C=O) groups excluding carboxylic acids is 1. The SMILES string of the molecule is CC(C)Cc1ccc([C]=O)cc1. The Labute approximate surface area is 73.4 Å². The van der Waals surface area contributed by atoms with Crippen LogP contribution in [0.3, 0.4) is 0 Å². The van der Waals surface area contributed by atoms with E-state index in [0.717, 1.165) is 6.42 Å².